The Kier molecular flexibility index (Phi) is 4.48. The summed E-state index contributed by atoms with van der Waals surface area (Å²) >= 11 is 0. The Morgan fingerprint density at radius 1 is 1.10 bits per heavy atom. The first-order valence-electron chi connectivity index (χ1n) is 5.02. The van der Waals surface area contributed by atoms with E-state index < -0.39 is 52.4 Å². The molecular formula is C10H8F5N3O2. The molecule has 0 saturated carbocycles. The van der Waals surface area contributed by atoms with E-state index in [1.165, 1.54) is 5.32 Å². The van der Waals surface area contributed by atoms with Crippen molar-refractivity contribution < 1.29 is 32.0 Å². The lowest BCUT2D eigenvalue weighted by molar-refractivity contribution is -0.117. The van der Waals surface area contributed by atoms with E-state index in [1.54, 1.807) is 0 Å². The summed E-state index contributed by atoms with van der Waals surface area (Å²) in [6.45, 7) is 1.09. The lowest BCUT2D eigenvalue weighted by Gasteiger charge is -2.13. The number of nitrogens with one attached hydrogen (secondary N) is 1. The topological polar surface area (TPSA) is 87.7 Å². The summed E-state index contributed by atoms with van der Waals surface area (Å²) in [6, 6.07) is 0. The van der Waals surface area contributed by atoms with Crippen LogP contribution in [0.3, 0.4) is 0 Å². The van der Waals surface area contributed by atoms with Gasteiger partial charge in [0.05, 0.1) is 5.92 Å². The van der Waals surface area contributed by atoms with Crippen LogP contribution < -0.4 is 11.1 Å². The van der Waals surface area contributed by atoms with E-state index in [4.69, 9.17) is 10.9 Å². The van der Waals surface area contributed by atoms with E-state index in [2.05, 4.69) is 5.16 Å². The maximum absolute atomic E-state index is 13.3. The number of carbonyl (C=O) groups is 1. The molecule has 1 atom stereocenters. The second kappa shape index (κ2) is 5.72. The van der Waals surface area contributed by atoms with Gasteiger partial charge in [-0.05, 0) is 6.92 Å². The van der Waals surface area contributed by atoms with Crippen molar-refractivity contribution in [1.29, 1.82) is 0 Å². The van der Waals surface area contributed by atoms with Crippen LogP contribution in [0.2, 0.25) is 0 Å². The number of carbonyl (C=O) groups excluding carboxylic acids is 1. The largest absolute Gasteiger partial charge is 0.409 e. The van der Waals surface area contributed by atoms with Crippen LogP contribution in [0.1, 0.15) is 6.92 Å². The van der Waals surface area contributed by atoms with Crippen LogP contribution in [0, 0.1) is 35.0 Å². The zero-order valence-electron chi connectivity index (χ0n) is 9.85. The summed E-state index contributed by atoms with van der Waals surface area (Å²) in [4.78, 5) is 11.5. The number of amides is 1. The molecule has 0 aromatic heterocycles. The number of amidine groups is 1. The molecule has 0 spiro atoms. The minimum atomic E-state index is -2.34. The van der Waals surface area contributed by atoms with Crippen molar-refractivity contribution in [1.82, 2.24) is 0 Å². The maximum atomic E-state index is 13.3. The lowest BCUT2D eigenvalue weighted by atomic mass is 10.1. The Hall–Kier alpha value is -2.39. The maximum Gasteiger partial charge on any atom is 0.235 e. The van der Waals surface area contributed by atoms with Gasteiger partial charge < -0.3 is 16.3 Å². The van der Waals surface area contributed by atoms with Crippen LogP contribution in [0.15, 0.2) is 5.16 Å². The Labute approximate surface area is 108 Å². The number of nitrogens with two attached hydrogens (primary N) is 1. The number of halogens is 5. The molecule has 0 aliphatic carbocycles. The van der Waals surface area contributed by atoms with Crippen LogP contribution in [-0.4, -0.2) is 17.0 Å². The fourth-order valence-electron chi connectivity index (χ4n) is 1.17. The first-order valence-corrected chi connectivity index (χ1v) is 5.02. The number of rotatable bonds is 3. The summed E-state index contributed by atoms with van der Waals surface area (Å²) in [6.07, 6.45) is 0. The zero-order chi connectivity index (χ0) is 15.6. The second-order valence-electron chi connectivity index (χ2n) is 3.68. The van der Waals surface area contributed by atoms with Gasteiger partial charge in [-0.15, -0.1) is 0 Å². The molecule has 4 N–H and O–H groups in total. The van der Waals surface area contributed by atoms with E-state index in [0.717, 1.165) is 6.92 Å². The molecule has 1 aromatic carbocycles. The highest BCUT2D eigenvalue weighted by Gasteiger charge is 2.28. The van der Waals surface area contributed by atoms with Crippen LogP contribution in [0.5, 0.6) is 0 Å². The molecule has 0 radical (unpaired) electrons. The van der Waals surface area contributed by atoms with E-state index in [1.807, 2.05) is 0 Å². The number of hydrogen-bond donors (Lipinski definition) is 3. The predicted octanol–water partition coefficient (Wildman–Crippen LogP) is 1.70. The van der Waals surface area contributed by atoms with Gasteiger partial charge >= 0.3 is 0 Å². The fourth-order valence-corrected chi connectivity index (χ4v) is 1.17. The number of oxime groups is 1. The van der Waals surface area contributed by atoms with E-state index in [-0.39, 0.29) is 0 Å². The van der Waals surface area contributed by atoms with Gasteiger partial charge in [-0.25, -0.2) is 22.0 Å². The first kappa shape index (κ1) is 15.7. The monoisotopic (exact) mass is 297 g/mol. The average molecular weight is 297 g/mol. The number of benzene rings is 1. The Morgan fingerprint density at radius 2 is 1.50 bits per heavy atom. The molecule has 20 heavy (non-hydrogen) atoms. The molecular weight excluding hydrogens is 289 g/mol. The normalized spacial score (nSPS) is 13.2. The van der Waals surface area contributed by atoms with Gasteiger partial charge in [-0.2, -0.15) is 0 Å². The van der Waals surface area contributed by atoms with Crippen molar-refractivity contribution in [2.24, 2.45) is 16.8 Å². The van der Waals surface area contributed by atoms with Crippen molar-refractivity contribution in [3.63, 3.8) is 0 Å². The molecule has 0 aliphatic heterocycles. The zero-order valence-corrected chi connectivity index (χ0v) is 9.85. The SMILES string of the molecule is CC(C(=O)Nc1c(F)c(F)c(F)c(F)c1F)C(N)=NO. The van der Waals surface area contributed by atoms with Gasteiger partial charge in [0.1, 0.15) is 5.69 Å². The highest BCUT2D eigenvalue weighted by atomic mass is 19.2. The third-order valence-corrected chi connectivity index (χ3v) is 2.41. The molecule has 1 aromatic rings. The standard InChI is InChI=1S/C10H8F5N3O2/c1-2(9(16)18-20)10(19)17-8-6(14)4(12)3(11)5(13)7(8)15/h2,20H,1H3,(H2,16,18)(H,17,19). The second-order valence-corrected chi connectivity index (χ2v) is 3.68. The molecule has 10 heteroatoms. The summed E-state index contributed by atoms with van der Waals surface area (Å²) in [5.74, 6) is -14.3. The smallest absolute Gasteiger partial charge is 0.235 e. The third kappa shape index (κ3) is 2.63. The van der Waals surface area contributed by atoms with Crippen LogP contribution in [0.4, 0.5) is 27.6 Å². The minimum absolute atomic E-state index is 0.605. The highest BCUT2D eigenvalue weighted by Crippen LogP contribution is 2.27. The van der Waals surface area contributed by atoms with Crippen molar-refractivity contribution >= 4 is 17.4 Å². The first-order chi connectivity index (χ1) is 9.22. The molecule has 110 valence electrons. The molecule has 0 saturated heterocycles. The Morgan fingerprint density at radius 3 is 1.90 bits per heavy atom. The van der Waals surface area contributed by atoms with Gasteiger partial charge in [-0.3, -0.25) is 4.79 Å². The molecule has 0 heterocycles. The molecule has 0 bridgehead atoms. The minimum Gasteiger partial charge on any atom is -0.409 e. The average Bonchev–Trinajstić information content (AvgIpc) is 2.45. The highest BCUT2D eigenvalue weighted by molar-refractivity contribution is 6.07. The molecule has 1 unspecified atom stereocenters. The van der Waals surface area contributed by atoms with Gasteiger partial charge in [-0.1, -0.05) is 5.16 Å². The lowest BCUT2D eigenvalue weighted by Crippen LogP contribution is -2.33. The summed E-state index contributed by atoms with van der Waals surface area (Å²) in [7, 11) is 0. The third-order valence-electron chi connectivity index (χ3n) is 2.41. The van der Waals surface area contributed by atoms with Gasteiger partial charge in [0.15, 0.2) is 29.1 Å². The van der Waals surface area contributed by atoms with E-state index >= 15 is 0 Å². The Balaban J connectivity index is 3.20. The molecule has 1 rings (SSSR count). The van der Waals surface area contributed by atoms with Crippen LogP contribution in [-0.2, 0) is 4.79 Å². The summed E-state index contributed by atoms with van der Waals surface area (Å²) < 4.78 is 65.0. The molecule has 0 fully saturated rings. The predicted molar refractivity (Wildman–Crippen MR) is 57.4 cm³/mol. The van der Waals surface area contributed by atoms with Gasteiger partial charge in [0.25, 0.3) is 0 Å². The van der Waals surface area contributed by atoms with Crippen LogP contribution in [0.25, 0.3) is 0 Å². The molecule has 1 amide bonds. The van der Waals surface area contributed by atoms with Gasteiger partial charge in [0, 0.05) is 0 Å². The van der Waals surface area contributed by atoms with Gasteiger partial charge in [0.2, 0.25) is 11.7 Å². The number of hydrogen-bond acceptors (Lipinski definition) is 3. The van der Waals surface area contributed by atoms with Crippen LogP contribution >= 0.6 is 0 Å². The van der Waals surface area contributed by atoms with Crippen molar-refractivity contribution in [3.8, 4) is 0 Å². The molecule has 5 nitrogen and oxygen atoms in total. The summed E-state index contributed by atoms with van der Waals surface area (Å²) in [5, 5.41) is 12.3. The van der Waals surface area contributed by atoms with Crippen molar-refractivity contribution in [3.05, 3.63) is 29.1 Å². The fraction of sp³-hybridized carbons (Fsp3) is 0.200. The number of nitrogens with zero attached hydrogens (tertiary/aromatic N) is 1. The Bertz CT molecular complexity index is 562. The summed E-state index contributed by atoms with van der Waals surface area (Å²) in [5.41, 5.74) is 3.56. The van der Waals surface area contributed by atoms with Crippen molar-refractivity contribution in [2.45, 2.75) is 6.92 Å². The molecule has 0 aliphatic rings. The quantitative estimate of drug-likeness (QED) is 0.151. The van der Waals surface area contributed by atoms with E-state index in [0.29, 0.717) is 0 Å². The van der Waals surface area contributed by atoms with E-state index in [9.17, 15) is 26.7 Å². The number of anilines is 1. The van der Waals surface area contributed by atoms with Crippen molar-refractivity contribution in [2.75, 3.05) is 5.32 Å².